The summed E-state index contributed by atoms with van der Waals surface area (Å²) in [5, 5.41) is 8.21. The minimum absolute atomic E-state index is 0.137. The summed E-state index contributed by atoms with van der Waals surface area (Å²) in [6, 6.07) is 10.1. The number of primary amides is 1. The van der Waals surface area contributed by atoms with Gasteiger partial charge in [0, 0.05) is 17.2 Å². The largest absolute Gasteiger partial charge is 0.365 e. The van der Waals surface area contributed by atoms with Crippen LogP contribution in [-0.4, -0.2) is 20.7 Å². The highest BCUT2D eigenvalue weighted by molar-refractivity contribution is 5.99. The number of benzene rings is 1. The van der Waals surface area contributed by atoms with Gasteiger partial charge in [0.15, 0.2) is 0 Å². The van der Waals surface area contributed by atoms with Crippen molar-refractivity contribution >= 4 is 17.5 Å². The number of hydrogen-bond donors (Lipinski definition) is 2. The maximum atomic E-state index is 12.1. The molecule has 3 N–H and O–H groups in total. The highest BCUT2D eigenvalue weighted by Crippen LogP contribution is 2.30. The number of carbonyl (C=O) groups excluding carboxylic acids is 1. The van der Waals surface area contributed by atoms with Crippen molar-refractivity contribution in [2.75, 3.05) is 5.32 Å². The van der Waals surface area contributed by atoms with Gasteiger partial charge in [-0.15, -0.1) is 0 Å². The van der Waals surface area contributed by atoms with Crippen molar-refractivity contribution in [1.82, 2.24) is 14.8 Å². The van der Waals surface area contributed by atoms with Crippen LogP contribution >= 0.6 is 0 Å². The van der Waals surface area contributed by atoms with E-state index < -0.39 is 5.91 Å². The second-order valence-corrected chi connectivity index (χ2v) is 8.66. The molecule has 6 heteroatoms. The Morgan fingerprint density at radius 1 is 1.03 bits per heavy atom. The molecule has 3 aromatic rings. The number of hydrogen-bond acceptors (Lipinski definition) is 4. The number of nitrogens with zero attached hydrogens (tertiary/aromatic N) is 3. The predicted octanol–water partition coefficient (Wildman–Crippen LogP) is 4.64. The van der Waals surface area contributed by atoms with E-state index in [4.69, 9.17) is 10.8 Å². The lowest BCUT2D eigenvalue weighted by atomic mass is 9.92. The van der Waals surface area contributed by atoms with Gasteiger partial charge in [0.25, 0.3) is 5.91 Å². The average Bonchev–Trinajstić information content (AvgIpc) is 3.00. The zero-order valence-electron chi connectivity index (χ0n) is 18.2. The van der Waals surface area contributed by atoms with E-state index in [-0.39, 0.29) is 5.41 Å². The van der Waals surface area contributed by atoms with Crippen molar-refractivity contribution in [3.05, 3.63) is 64.0 Å². The van der Waals surface area contributed by atoms with Gasteiger partial charge in [0.05, 0.1) is 16.9 Å². The maximum Gasteiger partial charge on any atom is 0.252 e. The van der Waals surface area contributed by atoms with Crippen molar-refractivity contribution in [2.45, 2.75) is 53.9 Å². The molecule has 0 unspecified atom stereocenters. The van der Waals surface area contributed by atoms with Gasteiger partial charge >= 0.3 is 0 Å². The minimum Gasteiger partial charge on any atom is -0.365 e. The molecule has 1 aromatic carbocycles. The fourth-order valence-corrected chi connectivity index (χ4v) is 3.33. The third-order valence-corrected chi connectivity index (χ3v) is 4.91. The molecule has 0 aliphatic carbocycles. The quantitative estimate of drug-likeness (QED) is 0.678. The van der Waals surface area contributed by atoms with Gasteiger partial charge in [-0.3, -0.25) is 4.79 Å². The Balaban J connectivity index is 2.22. The van der Waals surface area contributed by atoms with Gasteiger partial charge in [0.2, 0.25) is 0 Å². The Morgan fingerprint density at radius 2 is 1.72 bits per heavy atom. The molecule has 0 spiro atoms. The SMILES string of the molecule is Cc1ccc(C)c(-n2nc(C(C)(C)C)cc2Nc2nc(C)cc(C)c2C(N)=O)c1. The van der Waals surface area contributed by atoms with Crippen LogP contribution in [0.4, 0.5) is 11.6 Å². The number of nitrogens with two attached hydrogens (primary N) is 1. The summed E-state index contributed by atoms with van der Waals surface area (Å²) >= 11 is 0. The van der Waals surface area contributed by atoms with Gasteiger partial charge in [-0.1, -0.05) is 32.9 Å². The van der Waals surface area contributed by atoms with E-state index in [9.17, 15) is 4.79 Å². The van der Waals surface area contributed by atoms with Crippen LogP contribution in [0.2, 0.25) is 0 Å². The normalized spacial score (nSPS) is 11.6. The molecule has 0 aliphatic heterocycles. The number of aromatic nitrogens is 3. The van der Waals surface area contributed by atoms with Crippen LogP contribution in [0.15, 0.2) is 30.3 Å². The van der Waals surface area contributed by atoms with E-state index in [0.29, 0.717) is 11.4 Å². The zero-order chi connectivity index (χ0) is 21.5. The summed E-state index contributed by atoms with van der Waals surface area (Å²) in [6.07, 6.45) is 0. The molecule has 152 valence electrons. The average molecular weight is 392 g/mol. The van der Waals surface area contributed by atoms with Gasteiger partial charge in [-0.05, 0) is 56.5 Å². The van der Waals surface area contributed by atoms with Crippen LogP contribution in [0.25, 0.3) is 5.69 Å². The smallest absolute Gasteiger partial charge is 0.252 e. The van der Waals surface area contributed by atoms with Crippen molar-refractivity contribution in [1.29, 1.82) is 0 Å². The van der Waals surface area contributed by atoms with Crippen molar-refractivity contribution in [3.8, 4) is 5.69 Å². The van der Waals surface area contributed by atoms with Gasteiger partial charge in [-0.2, -0.15) is 5.10 Å². The van der Waals surface area contributed by atoms with Crippen molar-refractivity contribution < 1.29 is 4.79 Å². The van der Waals surface area contributed by atoms with Crippen LogP contribution in [0.1, 0.15) is 59.2 Å². The number of pyridine rings is 1. The fourth-order valence-electron chi connectivity index (χ4n) is 3.33. The van der Waals surface area contributed by atoms with E-state index >= 15 is 0 Å². The standard InChI is InChI=1S/C23H29N5O/c1-13-8-9-14(2)17(10-13)28-19(12-18(27-28)23(5,6)7)26-22-20(21(24)29)15(3)11-16(4)25-22/h8-12H,1-7H3,(H2,24,29)(H,25,26). The Hall–Kier alpha value is -3.15. The molecule has 0 saturated heterocycles. The van der Waals surface area contributed by atoms with E-state index in [1.165, 1.54) is 0 Å². The van der Waals surface area contributed by atoms with E-state index in [1.54, 1.807) is 0 Å². The predicted molar refractivity (Wildman–Crippen MR) is 117 cm³/mol. The molecule has 0 atom stereocenters. The lowest BCUT2D eigenvalue weighted by Gasteiger charge is -2.15. The first-order chi connectivity index (χ1) is 13.5. The Labute approximate surface area is 172 Å². The zero-order valence-corrected chi connectivity index (χ0v) is 18.2. The molecule has 2 aromatic heterocycles. The lowest BCUT2D eigenvalue weighted by molar-refractivity contribution is 0.1000. The molecule has 0 fully saturated rings. The third-order valence-electron chi connectivity index (χ3n) is 4.91. The molecule has 0 radical (unpaired) electrons. The van der Waals surface area contributed by atoms with E-state index in [0.717, 1.165) is 39.6 Å². The number of nitrogens with one attached hydrogen (secondary N) is 1. The van der Waals surface area contributed by atoms with E-state index in [1.807, 2.05) is 30.7 Å². The minimum atomic E-state index is -0.508. The summed E-state index contributed by atoms with van der Waals surface area (Å²) in [5.41, 5.74) is 11.7. The van der Waals surface area contributed by atoms with Crippen LogP contribution in [0.3, 0.4) is 0 Å². The molecule has 0 bridgehead atoms. The molecule has 6 nitrogen and oxygen atoms in total. The highest BCUT2D eigenvalue weighted by atomic mass is 16.1. The number of anilines is 2. The molecular formula is C23H29N5O. The molecule has 29 heavy (non-hydrogen) atoms. The number of carbonyl (C=O) groups is 1. The summed E-state index contributed by atoms with van der Waals surface area (Å²) < 4.78 is 1.88. The molecule has 0 aliphatic rings. The van der Waals surface area contributed by atoms with Crippen LogP contribution < -0.4 is 11.1 Å². The first kappa shape index (κ1) is 20.6. The number of amides is 1. The monoisotopic (exact) mass is 391 g/mol. The summed E-state index contributed by atoms with van der Waals surface area (Å²) in [4.78, 5) is 16.6. The maximum absolute atomic E-state index is 12.1. The second-order valence-electron chi connectivity index (χ2n) is 8.66. The number of rotatable bonds is 4. The Kier molecular flexibility index (Phi) is 5.22. The van der Waals surface area contributed by atoms with Crippen molar-refractivity contribution in [3.63, 3.8) is 0 Å². The number of aryl methyl sites for hydroxylation is 4. The van der Waals surface area contributed by atoms with Crippen LogP contribution in [0, 0.1) is 27.7 Å². The lowest BCUT2D eigenvalue weighted by Crippen LogP contribution is -2.17. The molecular weight excluding hydrogens is 362 g/mol. The first-order valence-electron chi connectivity index (χ1n) is 9.70. The molecule has 0 saturated carbocycles. The van der Waals surface area contributed by atoms with Gasteiger partial charge in [-0.25, -0.2) is 9.67 Å². The molecule has 2 heterocycles. The molecule has 3 rings (SSSR count). The fraction of sp³-hybridized carbons (Fsp3) is 0.348. The van der Waals surface area contributed by atoms with Crippen LogP contribution in [-0.2, 0) is 5.41 Å². The van der Waals surface area contributed by atoms with Crippen LogP contribution in [0.5, 0.6) is 0 Å². The molecule has 1 amide bonds. The van der Waals surface area contributed by atoms with E-state index in [2.05, 4.69) is 63.1 Å². The Bertz CT molecular complexity index is 1090. The van der Waals surface area contributed by atoms with Crippen molar-refractivity contribution in [2.24, 2.45) is 5.73 Å². The second kappa shape index (κ2) is 7.35. The highest BCUT2D eigenvalue weighted by Gasteiger charge is 2.23. The summed E-state index contributed by atoms with van der Waals surface area (Å²) in [6.45, 7) is 14.2. The topological polar surface area (TPSA) is 85.8 Å². The summed E-state index contributed by atoms with van der Waals surface area (Å²) in [7, 11) is 0. The van der Waals surface area contributed by atoms with Gasteiger partial charge in [0.1, 0.15) is 11.6 Å². The first-order valence-corrected chi connectivity index (χ1v) is 9.70. The third kappa shape index (κ3) is 4.16. The van der Waals surface area contributed by atoms with Gasteiger partial charge < -0.3 is 11.1 Å². The Morgan fingerprint density at radius 3 is 2.34 bits per heavy atom. The summed E-state index contributed by atoms with van der Waals surface area (Å²) in [5.74, 6) is 0.678.